The number of nitrogens with zero attached hydrogens (tertiary/aromatic N) is 2. The van der Waals surface area contributed by atoms with E-state index in [0.717, 1.165) is 31.6 Å². The summed E-state index contributed by atoms with van der Waals surface area (Å²) < 4.78 is 5.44. The van der Waals surface area contributed by atoms with Crippen molar-refractivity contribution in [1.82, 2.24) is 15.3 Å². The Labute approximate surface area is 129 Å². The first-order valence-corrected chi connectivity index (χ1v) is 7.53. The highest BCUT2D eigenvalue weighted by Gasteiger charge is 2.27. The third kappa shape index (κ3) is 3.49. The standard InChI is InChI=1S/C17H19N3O2/c21-17(14-3-8-18-9-4-14)20-16(13-5-10-22-11-6-13)15-2-1-7-19-12-15/h1-4,7-9,12-13,16H,5-6,10-11H2,(H,20,21). The summed E-state index contributed by atoms with van der Waals surface area (Å²) in [6.07, 6.45) is 8.71. The number of nitrogens with one attached hydrogen (secondary N) is 1. The molecule has 0 bridgehead atoms. The molecule has 1 aliphatic heterocycles. The number of hydrogen-bond acceptors (Lipinski definition) is 4. The van der Waals surface area contributed by atoms with Gasteiger partial charge in [0, 0.05) is 43.6 Å². The van der Waals surface area contributed by atoms with Crippen LogP contribution in [0.15, 0.2) is 49.1 Å². The number of hydrogen-bond donors (Lipinski definition) is 1. The van der Waals surface area contributed by atoms with Gasteiger partial charge < -0.3 is 10.1 Å². The Morgan fingerprint density at radius 2 is 1.91 bits per heavy atom. The van der Waals surface area contributed by atoms with Gasteiger partial charge in [-0.05, 0) is 42.5 Å². The Hall–Kier alpha value is -2.27. The molecule has 2 aromatic rings. The zero-order valence-electron chi connectivity index (χ0n) is 12.3. The lowest BCUT2D eigenvalue weighted by Crippen LogP contribution is -2.36. The average molecular weight is 297 g/mol. The fourth-order valence-electron chi connectivity index (χ4n) is 2.81. The van der Waals surface area contributed by atoms with Crippen LogP contribution in [0.5, 0.6) is 0 Å². The molecule has 1 unspecified atom stereocenters. The van der Waals surface area contributed by atoms with Crippen molar-refractivity contribution in [1.29, 1.82) is 0 Å². The van der Waals surface area contributed by atoms with Crippen LogP contribution in [0.25, 0.3) is 0 Å². The highest BCUT2D eigenvalue weighted by molar-refractivity contribution is 5.94. The summed E-state index contributed by atoms with van der Waals surface area (Å²) in [4.78, 5) is 20.6. The minimum atomic E-state index is -0.0808. The van der Waals surface area contributed by atoms with Gasteiger partial charge in [-0.25, -0.2) is 0 Å². The molecule has 1 amide bonds. The van der Waals surface area contributed by atoms with Gasteiger partial charge in [0.05, 0.1) is 6.04 Å². The van der Waals surface area contributed by atoms with Gasteiger partial charge in [0.2, 0.25) is 0 Å². The normalized spacial score (nSPS) is 16.9. The fraction of sp³-hybridized carbons (Fsp3) is 0.353. The van der Waals surface area contributed by atoms with Crippen LogP contribution < -0.4 is 5.32 Å². The molecular formula is C17H19N3O2. The van der Waals surface area contributed by atoms with Crippen LogP contribution in [0.3, 0.4) is 0 Å². The van der Waals surface area contributed by atoms with E-state index in [9.17, 15) is 4.79 Å². The first-order valence-electron chi connectivity index (χ1n) is 7.53. The summed E-state index contributed by atoms with van der Waals surface area (Å²) in [6, 6.07) is 7.32. The predicted octanol–water partition coefficient (Wildman–Crippen LogP) is 2.37. The second kappa shape index (κ2) is 7.13. The molecular weight excluding hydrogens is 278 g/mol. The van der Waals surface area contributed by atoms with Crippen LogP contribution in [-0.4, -0.2) is 29.1 Å². The highest BCUT2D eigenvalue weighted by Crippen LogP contribution is 2.30. The lowest BCUT2D eigenvalue weighted by molar-refractivity contribution is 0.0513. The number of pyridine rings is 2. The van der Waals surface area contributed by atoms with Gasteiger partial charge in [-0.3, -0.25) is 14.8 Å². The number of ether oxygens (including phenoxy) is 1. The average Bonchev–Trinajstić information content (AvgIpc) is 2.62. The van der Waals surface area contributed by atoms with E-state index < -0.39 is 0 Å². The van der Waals surface area contributed by atoms with Crippen molar-refractivity contribution in [2.45, 2.75) is 18.9 Å². The van der Waals surface area contributed by atoms with Crippen LogP contribution in [0, 0.1) is 5.92 Å². The maximum absolute atomic E-state index is 12.5. The molecule has 1 saturated heterocycles. The van der Waals surface area contributed by atoms with Crippen molar-refractivity contribution < 1.29 is 9.53 Å². The fourth-order valence-corrected chi connectivity index (χ4v) is 2.81. The topological polar surface area (TPSA) is 64.1 Å². The smallest absolute Gasteiger partial charge is 0.251 e. The van der Waals surface area contributed by atoms with Crippen molar-refractivity contribution in [2.75, 3.05) is 13.2 Å². The molecule has 1 fully saturated rings. The number of carbonyl (C=O) groups is 1. The molecule has 22 heavy (non-hydrogen) atoms. The maximum atomic E-state index is 12.5. The van der Waals surface area contributed by atoms with Crippen LogP contribution in [0.2, 0.25) is 0 Å². The maximum Gasteiger partial charge on any atom is 0.251 e. The van der Waals surface area contributed by atoms with Gasteiger partial charge >= 0.3 is 0 Å². The van der Waals surface area contributed by atoms with Crippen LogP contribution in [0.1, 0.15) is 34.8 Å². The van der Waals surface area contributed by atoms with Crippen LogP contribution in [0.4, 0.5) is 0 Å². The van der Waals surface area contributed by atoms with Crippen molar-refractivity contribution in [3.05, 3.63) is 60.2 Å². The molecule has 1 N–H and O–H groups in total. The van der Waals surface area contributed by atoms with Gasteiger partial charge in [-0.15, -0.1) is 0 Å². The first kappa shape index (κ1) is 14.7. The molecule has 0 radical (unpaired) electrons. The van der Waals surface area contributed by atoms with E-state index in [1.54, 1.807) is 30.7 Å². The zero-order valence-corrected chi connectivity index (χ0v) is 12.3. The van der Waals surface area contributed by atoms with E-state index in [1.165, 1.54) is 0 Å². The Kier molecular flexibility index (Phi) is 4.75. The minimum Gasteiger partial charge on any atom is -0.381 e. The van der Waals surface area contributed by atoms with E-state index in [0.29, 0.717) is 11.5 Å². The van der Waals surface area contributed by atoms with Gasteiger partial charge in [0.1, 0.15) is 0 Å². The van der Waals surface area contributed by atoms with Gasteiger partial charge in [0.25, 0.3) is 5.91 Å². The summed E-state index contributed by atoms with van der Waals surface area (Å²) in [5.74, 6) is 0.284. The summed E-state index contributed by atoms with van der Waals surface area (Å²) in [6.45, 7) is 1.49. The molecule has 3 heterocycles. The molecule has 1 atom stereocenters. The van der Waals surface area contributed by atoms with E-state index >= 15 is 0 Å². The molecule has 2 aromatic heterocycles. The number of aromatic nitrogens is 2. The van der Waals surface area contributed by atoms with Crippen LogP contribution >= 0.6 is 0 Å². The highest BCUT2D eigenvalue weighted by atomic mass is 16.5. The monoisotopic (exact) mass is 297 g/mol. The van der Waals surface area contributed by atoms with Crippen molar-refractivity contribution in [2.24, 2.45) is 5.92 Å². The third-order valence-corrected chi connectivity index (χ3v) is 4.01. The molecule has 114 valence electrons. The molecule has 1 aliphatic rings. The van der Waals surface area contributed by atoms with E-state index in [2.05, 4.69) is 15.3 Å². The van der Waals surface area contributed by atoms with Gasteiger partial charge in [0.15, 0.2) is 0 Å². The van der Waals surface area contributed by atoms with E-state index in [1.807, 2.05) is 18.3 Å². The van der Waals surface area contributed by atoms with Crippen molar-refractivity contribution in [3.63, 3.8) is 0 Å². The molecule has 0 aromatic carbocycles. The minimum absolute atomic E-state index is 0.0433. The quantitative estimate of drug-likeness (QED) is 0.941. The number of amides is 1. The Morgan fingerprint density at radius 1 is 1.14 bits per heavy atom. The van der Waals surface area contributed by atoms with E-state index in [4.69, 9.17) is 4.74 Å². The SMILES string of the molecule is O=C(NC(c1cccnc1)C1CCOCC1)c1ccncc1. The summed E-state index contributed by atoms with van der Waals surface area (Å²) >= 11 is 0. The van der Waals surface area contributed by atoms with E-state index in [-0.39, 0.29) is 11.9 Å². The second-order valence-electron chi connectivity index (χ2n) is 5.42. The largest absolute Gasteiger partial charge is 0.381 e. The first-order chi connectivity index (χ1) is 10.8. The van der Waals surface area contributed by atoms with Crippen molar-refractivity contribution >= 4 is 5.91 Å². The Morgan fingerprint density at radius 3 is 2.59 bits per heavy atom. The summed E-state index contributed by atoms with van der Waals surface area (Å²) in [5.41, 5.74) is 1.66. The van der Waals surface area contributed by atoms with Gasteiger partial charge in [-0.2, -0.15) is 0 Å². The van der Waals surface area contributed by atoms with Crippen LogP contribution in [-0.2, 0) is 4.74 Å². The molecule has 0 aliphatic carbocycles. The molecule has 0 saturated carbocycles. The molecule has 5 heteroatoms. The molecule has 3 rings (SSSR count). The summed E-state index contributed by atoms with van der Waals surface area (Å²) in [5, 5.41) is 3.16. The third-order valence-electron chi connectivity index (χ3n) is 4.01. The zero-order chi connectivity index (χ0) is 15.2. The van der Waals surface area contributed by atoms with Crippen molar-refractivity contribution in [3.8, 4) is 0 Å². The molecule has 5 nitrogen and oxygen atoms in total. The lowest BCUT2D eigenvalue weighted by Gasteiger charge is -2.31. The lowest BCUT2D eigenvalue weighted by atomic mass is 9.87. The van der Waals surface area contributed by atoms with Gasteiger partial charge in [-0.1, -0.05) is 6.07 Å². The Balaban J connectivity index is 1.81. The molecule has 0 spiro atoms. The Bertz CT molecular complexity index is 598. The number of rotatable bonds is 4. The summed E-state index contributed by atoms with van der Waals surface area (Å²) in [7, 11) is 0. The number of carbonyl (C=O) groups excluding carboxylic acids is 1. The predicted molar refractivity (Wildman–Crippen MR) is 82.2 cm³/mol. The second-order valence-corrected chi connectivity index (χ2v) is 5.42.